The summed E-state index contributed by atoms with van der Waals surface area (Å²) in [4.78, 5) is 13.4. The van der Waals surface area contributed by atoms with Gasteiger partial charge in [0, 0.05) is 15.7 Å². The lowest BCUT2D eigenvalue weighted by molar-refractivity contribution is 0.211. The third-order valence-electron chi connectivity index (χ3n) is 4.46. The zero-order chi connectivity index (χ0) is 18.1. The lowest BCUT2D eigenvalue weighted by Gasteiger charge is -2.22. The number of benzene rings is 3. The van der Waals surface area contributed by atoms with Gasteiger partial charge in [0.25, 0.3) is 0 Å². The van der Waals surface area contributed by atoms with Gasteiger partial charge in [-0.3, -0.25) is 0 Å². The summed E-state index contributed by atoms with van der Waals surface area (Å²) < 4.78 is 4.99. The van der Waals surface area contributed by atoms with Crippen molar-refractivity contribution in [3.63, 3.8) is 0 Å². The molecule has 130 valence electrons. The average molecular weight is 362 g/mol. The van der Waals surface area contributed by atoms with E-state index in [1.807, 2.05) is 24.3 Å². The van der Waals surface area contributed by atoms with E-state index >= 15 is 0 Å². The molecule has 3 aromatic rings. The van der Waals surface area contributed by atoms with Crippen LogP contribution in [0.25, 0.3) is 0 Å². The predicted octanol–water partition coefficient (Wildman–Crippen LogP) is 5.50. The van der Waals surface area contributed by atoms with E-state index in [9.17, 15) is 4.79 Å². The number of amides is 1. The van der Waals surface area contributed by atoms with Crippen LogP contribution in [0.4, 0.5) is 16.2 Å². The molecule has 1 aliphatic heterocycles. The second-order valence-electron chi connectivity index (χ2n) is 6.19. The van der Waals surface area contributed by atoms with Gasteiger partial charge in [-0.2, -0.15) is 0 Å². The molecule has 5 heteroatoms. The number of nitrogens with one attached hydrogen (secondary N) is 1. The molecule has 1 amide bonds. The van der Waals surface area contributed by atoms with Crippen LogP contribution < -0.4 is 15.8 Å². The summed E-state index contributed by atoms with van der Waals surface area (Å²) in [5.41, 5.74) is 9.60. The first-order chi connectivity index (χ1) is 12.6. The van der Waals surface area contributed by atoms with Crippen LogP contribution in [0, 0.1) is 0 Å². The Morgan fingerprint density at radius 2 is 1.73 bits per heavy atom. The molecule has 0 aliphatic carbocycles. The third-order valence-corrected chi connectivity index (χ3v) is 5.61. The molecule has 3 N–H and O–H groups in total. The normalized spacial score (nSPS) is 13.1. The molecule has 0 radical (unpaired) electrons. The van der Waals surface area contributed by atoms with Gasteiger partial charge in [0.2, 0.25) is 0 Å². The van der Waals surface area contributed by atoms with Crippen molar-refractivity contribution in [1.82, 2.24) is 0 Å². The van der Waals surface area contributed by atoms with Crippen molar-refractivity contribution in [2.24, 2.45) is 5.73 Å². The molecule has 0 saturated heterocycles. The van der Waals surface area contributed by atoms with Gasteiger partial charge in [0.15, 0.2) is 0 Å². The standard InChI is InChI=1S/C21H18N2O2S/c1-13(14-5-4-6-16(11-14)25-21(22)24)15-9-10-20-18(12-15)23-17-7-2-3-8-19(17)26-20/h2-13,23H,1H3,(H2,22,24). The highest BCUT2D eigenvalue weighted by Crippen LogP contribution is 2.45. The molecule has 0 saturated carbocycles. The van der Waals surface area contributed by atoms with Crippen LogP contribution in [0.1, 0.15) is 24.0 Å². The summed E-state index contributed by atoms with van der Waals surface area (Å²) in [6.45, 7) is 2.13. The molecule has 0 bridgehead atoms. The summed E-state index contributed by atoms with van der Waals surface area (Å²) in [6.07, 6.45) is -0.802. The van der Waals surface area contributed by atoms with Gasteiger partial charge in [0.05, 0.1) is 11.4 Å². The van der Waals surface area contributed by atoms with E-state index < -0.39 is 6.09 Å². The Labute approximate surface area is 156 Å². The number of nitrogens with two attached hydrogens (primary N) is 1. The fourth-order valence-corrected chi connectivity index (χ4v) is 4.05. The van der Waals surface area contributed by atoms with Crippen LogP contribution in [-0.4, -0.2) is 6.09 Å². The summed E-state index contributed by atoms with van der Waals surface area (Å²) in [5.74, 6) is 0.614. The minimum Gasteiger partial charge on any atom is -0.410 e. The molecule has 1 aliphatic rings. The van der Waals surface area contributed by atoms with Crippen LogP contribution >= 0.6 is 11.8 Å². The van der Waals surface area contributed by atoms with Crippen LogP contribution in [0.15, 0.2) is 76.5 Å². The Kier molecular flexibility index (Phi) is 4.31. The summed E-state index contributed by atoms with van der Waals surface area (Å²) in [5, 5.41) is 3.52. The van der Waals surface area contributed by atoms with Gasteiger partial charge in [-0.1, -0.05) is 49.0 Å². The number of hydrogen-bond donors (Lipinski definition) is 2. The Morgan fingerprint density at radius 3 is 2.58 bits per heavy atom. The number of ether oxygens (including phenoxy) is 1. The molecular formula is C21H18N2O2S. The lowest BCUT2D eigenvalue weighted by atomic mass is 9.92. The second kappa shape index (κ2) is 6.77. The van der Waals surface area contributed by atoms with Gasteiger partial charge in [-0.15, -0.1) is 0 Å². The number of carbonyl (C=O) groups is 1. The quantitative estimate of drug-likeness (QED) is 0.505. The number of anilines is 2. The largest absolute Gasteiger partial charge is 0.410 e. The number of rotatable bonds is 3. The third kappa shape index (κ3) is 3.26. The molecule has 1 heterocycles. The smallest absolute Gasteiger partial charge is 0.409 e. The lowest BCUT2D eigenvalue weighted by Crippen LogP contribution is -2.16. The SMILES string of the molecule is CC(c1cccc(OC(N)=O)c1)c1ccc2c(c1)Nc1ccccc1S2. The Balaban J connectivity index is 1.62. The first kappa shape index (κ1) is 16.5. The first-order valence-corrected chi connectivity index (χ1v) is 9.17. The van der Waals surface area contributed by atoms with Gasteiger partial charge in [0.1, 0.15) is 5.75 Å². The van der Waals surface area contributed by atoms with Crippen LogP contribution in [0.5, 0.6) is 5.75 Å². The molecule has 0 fully saturated rings. The zero-order valence-electron chi connectivity index (χ0n) is 14.2. The Morgan fingerprint density at radius 1 is 0.962 bits per heavy atom. The highest BCUT2D eigenvalue weighted by molar-refractivity contribution is 7.99. The predicted molar refractivity (Wildman–Crippen MR) is 104 cm³/mol. The summed E-state index contributed by atoms with van der Waals surface area (Å²) >= 11 is 1.77. The van der Waals surface area contributed by atoms with E-state index in [0.29, 0.717) is 5.75 Å². The minimum atomic E-state index is -0.802. The van der Waals surface area contributed by atoms with E-state index in [1.54, 1.807) is 17.8 Å². The molecule has 1 unspecified atom stereocenters. The summed E-state index contributed by atoms with van der Waals surface area (Å²) in [7, 11) is 0. The monoisotopic (exact) mass is 362 g/mol. The molecule has 3 aromatic carbocycles. The number of fused-ring (bicyclic) bond motifs is 2. The Hall–Kier alpha value is -2.92. The fraction of sp³-hybridized carbons (Fsp3) is 0.0952. The maximum absolute atomic E-state index is 11.0. The first-order valence-electron chi connectivity index (χ1n) is 8.35. The van der Waals surface area contributed by atoms with Gasteiger partial charge < -0.3 is 15.8 Å². The van der Waals surface area contributed by atoms with Gasteiger partial charge >= 0.3 is 6.09 Å². The average Bonchev–Trinajstić information content (AvgIpc) is 2.65. The van der Waals surface area contributed by atoms with Crippen molar-refractivity contribution in [1.29, 1.82) is 0 Å². The van der Waals surface area contributed by atoms with Gasteiger partial charge in [-0.25, -0.2) is 4.79 Å². The molecule has 0 spiro atoms. The van der Waals surface area contributed by atoms with E-state index in [2.05, 4.69) is 48.6 Å². The van der Waals surface area contributed by atoms with E-state index in [-0.39, 0.29) is 5.92 Å². The molecule has 4 nitrogen and oxygen atoms in total. The van der Waals surface area contributed by atoms with Crippen molar-refractivity contribution >= 4 is 29.2 Å². The maximum Gasteiger partial charge on any atom is 0.409 e. The van der Waals surface area contributed by atoms with Gasteiger partial charge in [-0.05, 0) is 47.5 Å². The van der Waals surface area contributed by atoms with Crippen molar-refractivity contribution in [2.75, 3.05) is 5.32 Å². The van der Waals surface area contributed by atoms with Crippen molar-refractivity contribution in [2.45, 2.75) is 22.6 Å². The van der Waals surface area contributed by atoms with Crippen LogP contribution in [-0.2, 0) is 0 Å². The van der Waals surface area contributed by atoms with Crippen molar-refractivity contribution < 1.29 is 9.53 Å². The van der Waals surface area contributed by atoms with E-state index in [1.165, 1.54) is 15.4 Å². The molecular weight excluding hydrogens is 344 g/mol. The maximum atomic E-state index is 11.0. The number of carbonyl (C=O) groups excluding carboxylic acids is 1. The van der Waals surface area contributed by atoms with Crippen molar-refractivity contribution in [3.8, 4) is 5.75 Å². The van der Waals surface area contributed by atoms with E-state index in [4.69, 9.17) is 10.5 Å². The van der Waals surface area contributed by atoms with E-state index in [0.717, 1.165) is 16.9 Å². The molecule has 26 heavy (non-hydrogen) atoms. The Bertz CT molecular complexity index is 987. The summed E-state index contributed by atoms with van der Waals surface area (Å²) in [6, 6.07) is 22.3. The highest BCUT2D eigenvalue weighted by Gasteiger charge is 2.17. The number of hydrogen-bond acceptors (Lipinski definition) is 4. The fourth-order valence-electron chi connectivity index (χ4n) is 3.08. The number of primary amides is 1. The van der Waals surface area contributed by atoms with Crippen molar-refractivity contribution in [3.05, 3.63) is 77.9 Å². The molecule has 1 atom stereocenters. The molecule has 0 aromatic heterocycles. The number of para-hydroxylation sites is 1. The molecule has 4 rings (SSSR count). The van der Waals surface area contributed by atoms with Crippen LogP contribution in [0.3, 0.4) is 0 Å². The highest BCUT2D eigenvalue weighted by atomic mass is 32.2. The topological polar surface area (TPSA) is 64.3 Å². The van der Waals surface area contributed by atoms with Crippen LogP contribution in [0.2, 0.25) is 0 Å². The zero-order valence-corrected chi connectivity index (χ0v) is 15.0. The minimum absolute atomic E-state index is 0.153. The second-order valence-corrected chi connectivity index (χ2v) is 7.28.